The highest BCUT2D eigenvalue weighted by atomic mass is 35.5. The van der Waals surface area contributed by atoms with Gasteiger partial charge in [-0.3, -0.25) is 19.3 Å². The Hall–Kier alpha value is -1.00. The summed E-state index contributed by atoms with van der Waals surface area (Å²) in [5.74, 6) is 0. The number of nitrogens with zero attached hydrogens (tertiary/aromatic N) is 2. The molecule has 29 heavy (non-hydrogen) atoms. The van der Waals surface area contributed by atoms with Gasteiger partial charge in [0, 0.05) is 0 Å². The summed E-state index contributed by atoms with van der Waals surface area (Å²) in [5.41, 5.74) is -10.4. The molecule has 2 fully saturated rings. The van der Waals surface area contributed by atoms with Gasteiger partial charge in [-0.1, -0.05) is 23.2 Å². The van der Waals surface area contributed by atoms with Gasteiger partial charge in [0.25, 0.3) is 11.2 Å². The number of hydrogen-bond donors (Lipinski definition) is 0. The zero-order chi connectivity index (χ0) is 22.6. The lowest BCUT2D eigenvalue weighted by Crippen LogP contribution is -2.62. The van der Waals surface area contributed by atoms with Crippen LogP contribution >= 0.6 is 23.2 Å². The van der Waals surface area contributed by atoms with Gasteiger partial charge < -0.3 is 0 Å². The van der Waals surface area contributed by atoms with E-state index in [2.05, 4.69) is 9.47 Å². The van der Waals surface area contributed by atoms with Crippen molar-refractivity contribution in [3.05, 3.63) is 10.3 Å². The van der Waals surface area contributed by atoms with Crippen LogP contribution in [0.3, 0.4) is 0 Å². The third-order valence-electron chi connectivity index (χ3n) is 4.53. The van der Waals surface area contributed by atoms with Crippen LogP contribution in [0.25, 0.3) is 0 Å². The van der Waals surface area contributed by atoms with Crippen LogP contribution < -0.4 is 0 Å². The molecule has 0 N–H and O–H groups in total. The first-order valence-electron chi connectivity index (χ1n) is 6.95. The Morgan fingerprint density at radius 2 is 0.828 bits per heavy atom. The number of halogens is 14. The monoisotopic (exact) mass is 494 g/mol. The number of hydrogen-bond acceptors (Lipinski definition) is 4. The van der Waals surface area contributed by atoms with E-state index in [-0.39, 0.29) is 0 Å². The fraction of sp³-hybridized carbons (Fsp3) is 0.818. The quantitative estimate of drug-likeness (QED) is 0.363. The molecule has 168 valence electrons. The van der Waals surface area contributed by atoms with Gasteiger partial charge >= 0.3 is 30.7 Å². The first-order valence-corrected chi connectivity index (χ1v) is 7.70. The first-order chi connectivity index (χ1) is 12.7. The van der Waals surface area contributed by atoms with Gasteiger partial charge in [-0.15, -0.1) is 0 Å². The lowest BCUT2D eigenvalue weighted by molar-refractivity contribution is -0.454. The van der Waals surface area contributed by atoms with Crippen molar-refractivity contribution in [1.29, 1.82) is 0 Å². The molecule has 2 saturated heterocycles. The Kier molecular flexibility index (Phi) is 4.39. The van der Waals surface area contributed by atoms with Crippen molar-refractivity contribution in [2.45, 2.75) is 41.9 Å². The smallest absolute Gasteiger partial charge is 0.287 e. The summed E-state index contributed by atoms with van der Waals surface area (Å²) in [4.78, 5) is -0.784. The Morgan fingerprint density at radius 3 is 1.03 bits per heavy atom. The van der Waals surface area contributed by atoms with Crippen LogP contribution in [0.2, 0.25) is 0 Å². The molecule has 3 heterocycles. The van der Waals surface area contributed by atoms with Crippen LogP contribution in [0, 0.1) is 0 Å². The molecular weight excluding hydrogens is 491 g/mol. The molecule has 3 aliphatic rings. The lowest BCUT2D eigenvalue weighted by atomic mass is 10.0. The molecule has 0 aromatic rings. The van der Waals surface area contributed by atoms with Crippen LogP contribution in [-0.2, 0) is 9.47 Å². The van der Waals surface area contributed by atoms with E-state index in [1.807, 2.05) is 0 Å². The van der Waals surface area contributed by atoms with Gasteiger partial charge in [-0.2, -0.15) is 52.7 Å². The third kappa shape index (κ3) is 2.57. The average Bonchev–Trinajstić information content (AvgIpc) is 3.06. The molecular formula is C11H4Cl2F12N2O2. The molecule has 4 nitrogen and oxygen atoms in total. The van der Waals surface area contributed by atoms with Crippen molar-refractivity contribution >= 4 is 23.2 Å². The van der Waals surface area contributed by atoms with Gasteiger partial charge in [0.1, 0.15) is 10.3 Å². The van der Waals surface area contributed by atoms with Crippen LogP contribution in [0.5, 0.6) is 0 Å². The maximum atomic E-state index is 13.3. The second kappa shape index (κ2) is 5.62. The second-order valence-electron chi connectivity index (χ2n) is 6.15. The zero-order valence-corrected chi connectivity index (χ0v) is 14.4. The molecule has 0 radical (unpaired) electrons. The fourth-order valence-corrected chi connectivity index (χ4v) is 3.61. The van der Waals surface area contributed by atoms with E-state index in [9.17, 15) is 52.7 Å². The van der Waals surface area contributed by atoms with Crippen LogP contribution in [0.15, 0.2) is 10.3 Å². The summed E-state index contributed by atoms with van der Waals surface area (Å²) in [6.45, 7) is -4.73. The van der Waals surface area contributed by atoms with Gasteiger partial charge in [0.2, 0.25) is 0 Å². The molecule has 0 bridgehead atoms. The molecule has 0 amide bonds. The van der Waals surface area contributed by atoms with Gasteiger partial charge in [0.05, 0.1) is 13.1 Å². The van der Waals surface area contributed by atoms with Gasteiger partial charge in [0.15, 0.2) is 0 Å². The van der Waals surface area contributed by atoms with E-state index in [4.69, 9.17) is 23.2 Å². The largest absolute Gasteiger partial charge is 0.428 e. The van der Waals surface area contributed by atoms with E-state index < -0.39 is 75.1 Å². The van der Waals surface area contributed by atoms with Crippen molar-refractivity contribution in [3.63, 3.8) is 0 Å². The lowest BCUT2D eigenvalue weighted by Gasteiger charge is -2.37. The molecule has 0 aromatic carbocycles. The van der Waals surface area contributed by atoms with E-state index >= 15 is 0 Å². The number of ether oxygens (including phenoxy) is 2. The summed E-state index contributed by atoms with van der Waals surface area (Å²) < 4.78 is 167. The van der Waals surface area contributed by atoms with Crippen molar-refractivity contribution < 1.29 is 62.2 Å². The third-order valence-corrected chi connectivity index (χ3v) is 5.40. The Morgan fingerprint density at radius 1 is 0.586 bits per heavy atom. The highest BCUT2D eigenvalue weighted by molar-refractivity contribution is 6.39. The minimum absolute atomic E-state index is 0.392. The van der Waals surface area contributed by atoms with E-state index in [1.165, 1.54) is 0 Å². The number of rotatable bonds is 0. The Bertz CT molecular complexity index is 665. The SMILES string of the molecule is FC(F)(F)C1(C(F)(F)F)CN2C(Cl)=C(Cl)N3CC(C(F)(F)F)(C(F)(F)F)OC23O1. The summed E-state index contributed by atoms with van der Waals surface area (Å²) in [6.07, 6.45) is -25.3. The Labute approximate surface area is 161 Å². The maximum Gasteiger partial charge on any atom is 0.428 e. The molecule has 0 atom stereocenters. The van der Waals surface area contributed by atoms with E-state index in [1.54, 1.807) is 0 Å². The molecule has 0 unspecified atom stereocenters. The minimum Gasteiger partial charge on any atom is -0.287 e. The molecule has 1 spiro atoms. The van der Waals surface area contributed by atoms with Crippen molar-refractivity contribution in [2.75, 3.05) is 13.1 Å². The predicted octanol–water partition coefficient (Wildman–Crippen LogP) is 4.61. The first kappa shape index (κ1) is 22.7. The highest BCUT2D eigenvalue weighted by Gasteiger charge is 2.88. The standard InChI is InChI=1S/C11H4Cl2F12N2O2/c12-3-4(13)27-2-6(9(20,21)22,10(23,24)25)29-11(27)26(3)1-5(28-11,7(14,15)16)8(17,18)19/h1-2H2. The molecule has 0 saturated carbocycles. The minimum atomic E-state index is -6.33. The highest BCUT2D eigenvalue weighted by Crippen LogP contribution is 2.64. The topological polar surface area (TPSA) is 24.9 Å². The summed E-state index contributed by atoms with van der Waals surface area (Å²) in [7, 11) is 0. The van der Waals surface area contributed by atoms with Crippen molar-refractivity contribution in [3.8, 4) is 0 Å². The molecule has 3 rings (SSSR count). The molecule has 0 aromatic heterocycles. The second-order valence-corrected chi connectivity index (χ2v) is 6.87. The normalized spacial score (nSPS) is 26.3. The molecule has 0 aliphatic carbocycles. The Balaban J connectivity index is 2.23. The van der Waals surface area contributed by atoms with Crippen molar-refractivity contribution in [1.82, 2.24) is 9.80 Å². The average molecular weight is 495 g/mol. The molecule has 3 aliphatic heterocycles. The van der Waals surface area contributed by atoms with E-state index in [0.29, 0.717) is 0 Å². The fourth-order valence-electron chi connectivity index (χ4n) is 3.07. The summed E-state index contributed by atoms with van der Waals surface area (Å²) in [5, 5.41) is -2.44. The summed E-state index contributed by atoms with van der Waals surface area (Å²) >= 11 is 11.0. The van der Waals surface area contributed by atoms with Gasteiger partial charge in [-0.05, 0) is 0 Å². The number of alkyl halides is 12. The van der Waals surface area contributed by atoms with E-state index in [0.717, 1.165) is 0 Å². The maximum absolute atomic E-state index is 13.3. The van der Waals surface area contributed by atoms with Crippen molar-refractivity contribution in [2.24, 2.45) is 0 Å². The molecule has 18 heteroatoms. The predicted molar refractivity (Wildman–Crippen MR) is 66.7 cm³/mol. The van der Waals surface area contributed by atoms with Crippen LogP contribution in [0.1, 0.15) is 0 Å². The van der Waals surface area contributed by atoms with Crippen LogP contribution in [0.4, 0.5) is 52.7 Å². The van der Waals surface area contributed by atoms with Crippen LogP contribution in [-0.4, -0.2) is 64.8 Å². The zero-order valence-electron chi connectivity index (χ0n) is 12.9. The summed E-state index contributed by atoms with van der Waals surface area (Å²) in [6, 6.07) is -4.00. The van der Waals surface area contributed by atoms with Gasteiger partial charge in [-0.25, -0.2) is 0 Å².